The summed E-state index contributed by atoms with van der Waals surface area (Å²) in [5.74, 6) is -6.02. The fraction of sp³-hybridized carbons (Fsp3) is 0.733. The van der Waals surface area contributed by atoms with Gasteiger partial charge in [-0.1, -0.05) is 85.2 Å². The molecule has 0 aromatic heterocycles. The third-order valence-corrected chi connectivity index (χ3v) is 16.8. The van der Waals surface area contributed by atoms with Crippen LogP contribution in [0.5, 0.6) is 0 Å². The van der Waals surface area contributed by atoms with Gasteiger partial charge in [-0.15, -0.1) is 5.06 Å². The van der Waals surface area contributed by atoms with E-state index < -0.39 is 77.7 Å². The molecule has 0 radical (unpaired) electrons. The quantitative estimate of drug-likeness (QED) is 0.0674. The third kappa shape index (κ3) is 18.0. The number of methoxy groups -OCH3 is 2. The van der Waals surface area contributed by atoms with E-state index in [0.717, 1.165) is 18.4 Å². The van der Waals surface area contributed by atoms with Crippen LogP contribution in [-0.2, 0) is 71.8 Å². The van der Waals surface area contributed by atoms with Gasteiger partial charge in [0.1, 0.15) is 17.7 Å². The van der Waals surface area contributed by atoms with E-state index in [1.165, 1.54) is 19.3 Å². The molecule has 23 heteroatoms. The normalized spacial score (nSPS) is 21.8. The average Bonchev–Trinajstić information content (AvgIpc) is 1.76. The first-order chi connectivity index (χ1) is 39.4. The first-order valence-corrected chi connectivity index (χ1v) is 29.9. The molecular formula is C60H94N8O15. The van der Waals surface area contributed by atoms with Crippen molar-refractivity contribution in [2.45, 2.75) is 199 Å². The Kier molecular flexibility index (Phi) is 25.9. The smallest absolute Gasteiger partial charge is 0.333 e. The Bertz CT molecular complexity index is 2390. The van der Waals surface area contributed by atoms with Crippen molar-refractivity contribution in [3.8, 4) is 0 Å². The van der Waals surface area contributed by atoms with Crippen LogP contribution in [0.25, 0.3) is 0 Å². The maximum atomic E-state index is 14.8. The van der Waals surface area contributed by atoms with E-state index in [4.69, 9.17) is 23.9 Å². The Labute approximate surface area is 490 Å². The summed E-state index contributed by atoms with van der Waals surface area (Å²) < 4.78 is 17.7. The Balaban J connectivity index is 1.14. The lowest BCUT2D eigenvalue weighted by atomic mass is 9.89. The van der Waals surface area contributed by atoms with Crippen LogP contribution >= 0.6 is 0 Å². The van der Waals surface area contributed by atoms with Gasteiger partial charge in [0, 0.05) is 72.4 Å². The van der Waals surface area contributed by atoms with Gasteiger partial charge < -0.3 is 44.8 Å². The number of nitrogens with one attached hydrogen (secondary N) is 3. The van der Waals surface area contributed by atoms with Crippen LogP contribution in [-0.4, -0.2) is 193 Å². The second-order valence-corrected chi connectivity index (χ2v) is 23.7. The van der Waals surface area contributed by atoms with Gasteiger partial charge in [0.25, 0.3) is 17.7 Å². The Morgan fingerprint density at radius 1 is 0.807 bits per heavy atom. The van der Waals surface area contributed by atoms with Crippen LogP contribution in [0.3, 0.4) is 0 Å². The summed E-state index contributed by atoms with van der Waals surface area (Å²) in [5.41, 5.74) is -0.231. The van der Waals surface area contributed by atoms with Gasteiger partial charge in [-0.05, 0) is 88.8 Å². The number of benzene rings is 1. The van der Waals surface area contributed by atoms with Crippen molar-refractivity contribution < 1.29 is 71.8 Å². The number of esters is 1. The molecule has 5 rings (SSSR count). The maximum absolute atomic E-state index is 14.8. The Morgan fingerprint density at radius 2 is 1.48 bits per heavy atom. The van der Waals surface area contributed by atoms with E-state index in [1.807, 2.05) is 76.8 Å². The fourth-order valence-electron chi connectivity index (χ4n) is 11.9. The number of ether oxygens (including phenoxy) is 3. The van der Waals surface area contributed by atoms with Crippen molar-refractivity contribution in [1.82, 2.24) is 40.8 Å². The largest absolute Gasteiger partial charge is 0.461 e. The molecule has 1 saturated carbocycles. The molecule has 3 aliphatic heterocycles. The number of nitrogens with zero attached hydrogens (tertiary/aromatic N) is 5. The number of hydroxylamine groups is 4. The molecule has 11 atom stereocenters. The molecule has 4 fully saturated rings. The lowest BCUT2D eigenvalue weighted by Gasteiger charge is -2.41. The Morgan fingerprint density at radius 3 is 2.08 bits per heavy atom. The molecule has 23 nitrogen and oxygen atoms in total. The lowest BCUT2D eigenvalue weighted by Crippen LogP contribution is -2.60. The molecule has 1 aromatic rings. The zero-order valence-electron chi connectivity index (χ0n) is 51.1. The lowest BCUT2D eigenvalue weighted by molar-refractivity contribution is -0.200. The number of likely N-dealkylation sites (N-methyl/N-ethyl adjacent to an activating group) is 2. The first kappa shape index (κ1) is 67.7. The SMILES string of the molecule is CC[C@H](C)[C@@H]([C@@H](CC(=O)N1CCC[C@H]1[C@H](OC)[C@@H](C)C(=O)N[C@@]1(C(=O)N2CCCCO2)C[C@@H]1c1ccccc1)OC)N(C)C(=O)[C@@H](NC(=O)[C@H](C(C)C)N(C)CCCC(=O)O[C@H](C)CNC(=O)CCCC(=O)ON1C(=O)CCC1=O)C(C)C. The number of amides is 8. The molecule has 1 aliphatic carbocycles. The highest BCUT2D eigenvalue weighted by Crippen LogP contribution is 2.53. The Hall–Kier alpha value is -6.04. The van der Waals surface area contributed by atoms with Crippen molar-refractivity contribution in [3.05, 3.63) is 35.9 Å². The minimum Gasteiger partial charge on any atom is -0.461 e. The number of carbonyl (C=O) groups is 10. The van der Waals surface area contributed by atoms with Gasteiger partial charge in [-0.2, -0.15) is 0 Å². The predicted octanol–water partition coefficient (Wildman–Crippen LogP) is 4.21. The van der Waals surface area contributed by atoms with Crippen molar-refractivity contribution in [1.29, 1.82) is 0 Å². The summed E-state index contributed by atoms with van der Waals surface area (Å²) in [4.78, 5) is 149. The summed E-state index contributed by atoms with van der Waals surface area (Å²) in [6.45, 7) is 16.6. The van der Waals surface area contributed by atoms with Crippen molar-refractivity contribution in [3.63, 3.8) is 0 Å². The minimum atomic E-state index is -1.18. The number of hydrogen-bond donors (Lipinski definition) is 3. The number of hydrogen-bond acceptors (Lipinski definition) is 16. The minimum absolute atomic E-state index is 0.0199. The van der Waals surface area contributed by atoms with E-state index in [9.17, 15) is 47.9 Å². The summed E-state index contributed by atoms with van der Waals surface area (Å²) in [5, 5.41) is 10.7. The molecule has 4 aliphatic rings. The van der Waals surface area contributed by atoms with Gasteiger partial charge in [0.15, 0.2) is 0 Å². The van der Waals surface area contributed by atoms with Gasteiger partial charge in [-0.25, -0.2) is 9.86 Å². The number of imide groups is 1. The molecule has 83 heavy (non-hydrogen) atoms. The van der Waals surface area contributed by atoms with Crippen LogP contribution < -0.4 is 16.0 Å². The molecule has 0 bridgehead atoms. The summed E-state index contributed by atoms with van der Waals surface area (Å²) in [6.07, 6.45) is 2.09. The standard InChI is InChI=1S/C60H94N8O15/c1-13-39(6)54(45(79-11)34-49(72)66-31-20-24-44(66)55(80-12)41(8)56(75)63-60(59(78)67-32-17-18-33-81-67)35-43(60)42-22-15-14-16-23-42)65(10)58(77)52(37(2)3)62-57(76)53(38(4)5)64(9)30-21-27-50(73)82-40(7)36-61-46(69)25-19-26-51(74)83-68-47(70)28-29-48(68)71/h14-16,22-23,37-41,43-45,52-55H,13,17-21,24-36H2,1-12H3,(H,61,69)(H,62,76)(H,63,75)/t39-,40+,41+,43+,44-,45+,52-,53-,54-,55+,60-/m0/s1. The van der Waals surface area contributed by atoms with E-state index >= 15 is 0 Å². The molecular weight excluding hydrogens is 1070 g/mol. The fourth-order valence-corrected chi connectivity index (χ4v) is 11.9. The van der Waals surface area contributed by atoms with E-state index in [2.05, 4.69) is 16.0 Å². The number of rotatable bonds is 32. The van der Waals surface area contributed by atoms with Gasteiger partial charge in [-0.3, -0.25) is 52.9 Å². The topological polar surface area (TPSA) is 269 Å². The number of likely N-dealkylation sites (tertiary alicyclic amines) is 1. The molecule has 0 spiro atoms. The van der Waals surface area contributed by atoms with Crippen LogP contribution in [0.4, 0.5) is 0 Å². The number of carbonyl (C=O) groups excluding carboxylic acids is 10. The molecule has 464 valence electrons. The highest BCUT2D eigenvalue weighted by atomic mass is 16.7. The van der Waals surface area contributed by atoms with E-state index in [0.29, 0.717) is 63.4 Å². The molecule has 0 unspecified atom stereocenters. The summed E-state index contributed by atoms with van der Waals surface area (Å²) in [7, 11) is 6.53. The highest BCUT2D eigenvalue weighted by Gasteiger charge is 2.64. The second-order valence-electron chi connectivity index (χ2n) is 23.7. The van der Waals surface area contributed by atoms with Crippen molar-refractivity contribution >= 4 is 59.2 Å². The van der Waals surface area contributed by atoms with E-state index in [1.54, 1.807) is 37.7 Å². The molecule has 3 N–H and O–H groups in total. The monoisotopic (exact) mass is 1170 g/mol. The molecule has 3 heterocycles. The third-order valence-electron chi connectivity index (χ3n) is 16.8. The van der Waals surface area contributed by atoms with Crippen LogP contribution in [0.2, 0.25) is 0 Å². The molecule has 8 amide bonds. The molecule has 1 aromatic carbocycles. The first-order valence-electron chi connectivity index (χ1n) is 29.9. The van der Waals surface area contributed by atoms with Crippen molar-refractivity contribution in [2.75, 3.05) is 61.1 Å². The van der Waals surface area contributed by atoms with Crippen molar-refractivity contribution in [2.24, 2.45) is 23.7 Å². The van der Waals surface area contributed by atoms with Gasteiger partial charge >= 0.3 is 11.9 Å². The van der Waals surface area contributed by atoms with Gasteiger partial charge in [0.05, 0.1) is 55.8 Å². The zero-order valence-corrected chi connectivity index (χ0v) is 51.1. The zero-order chi connectivity index (χ0) is 61.3. The average molecular weight is 1170 g/mol. The summed E-state index contributed by atoms with van der Waals surface area (Å²) >= 11 is 0. The predicted molar refractivity (Wildman–Crippen MR) is 305 cm³/mol. The molecule has 3 saturated heterocycles. The van der Waals surface area contributed by atoms with Gasteiger partial charge in [0.2, 0.25) is 29.5 Å². The van der Waals surface area contributed by atoms with Crippen LogP contribution in [0.1, 0.15) is 157 Å². The maximum Gasteiger partial charge on any atom is 0.333 e. The summed E-state index contributed by atoms with van der Waals surface area (Å²) in [6, 6.07) is 7.02. The van der Waals surface area contributed by atoms with E-state index in [-0.39, 0.29) is 111 Å². The van der Waals surface area contributed by atoms with Crippen LogP contribution in [0, 0.1) is 23.7 Å². The second kappa shape index (κ2) is 31.7. The highest BCUT2D eigenvalue weighted by molar-refractivity contribution is 6.01. The van der Waals surface area contributed by atoms with Crippen LogP contribution in [0.15, 0.2) is 30.3 Å².